The Labute approximate surface area is 196 Å². The summed E-state index contributed by atoms with van der Waals surface area (Å²) in [6, 6.07) is 25.6. The Hall–Kier alpha value is -3.53. The fraction of sp³-hybridized carbons (Fsp3) is 0.222. The highest BCUT2D eigenvalue weighted by atomic mass is 28.4. The molecular weight excluding hydrogens is 428 g/mol. The summed E-state index contributed by atoms with van der Waals surface area (Å²) in [5.74, 6) is 2.36. The molecule has 0 fully saturated rings. The van der Waals surface area contributed by atoms with Crippen molar-refractivity contribution in [1.29, 1.82) is 0 Å². The first-order valence-electron chi connectivity index (χ1n) is 10.7. The van der Waals surface area contributed by atoms with Crippen molar-refractivity contribution >= 4 is 30.6 Å². The summed E-state index contributed by atoms with van der Waals surface area (Å²) in [5, 5.41) is 13.5. The molecule has 168 valence electrons. The minimum Gasteiger partial charge on any atom is -0.403 e. The average Bonchev–Trinajstić information content (AvgIpc) is 2.80. The summed E-state index contributed by atoms with van der Waals surface area (Å²) in [5.41, 5.74) is 1.62. The van der Waals surface area contributed by atoms with E-state index in [2.05, 4.69) is 55.9 Å². The lowest BCUT2D eigenvalue weighted by Crippen LogP contribution is -2.66. The van der Waals surface area contributed by atoms with E-state index in [1.54, 1.807) is 12.1 Å². The van der Waals surface area contributed by atoms with Gasteiger partial charge in [-0.1, -0.05) is 87.4 Å². The highest BCUT2D eigenvalue weighted by molar-refractivity contribution is 6.99. The van der Waals surface area contributed by atoms with E-state index >= 15 is 0 Å². The fourth-order valence-corrected chi connectivity index (χ4v) is 8.69. The Kier molecular flexibility index (Phi) is 7.59. The van der Waals surface area contributed by atoms with E-state index in [0.29, 0.717) is 6.61 Å². The van der Waals surface area contributed by atoms with Gasteiger partial charge >= 0.3 is 0 Å². The van der Waals surface area contributed by atoms with Crippen LogP contribution in [0.3, 0.4) is 0 Å². The van der Waals surface area contributed by atoms with Crippen LogP contribution >= 0.6 is 0 Å². The van der Waals surface area contributed by atoms with Gasteiger partial charge in [-0.3, -0.25) is 15.1 Å². The molecule has 0 spiro atoms. The van der Waals surface area contributed by atoms with Crippen LogP contribution in [0.25, 0.3) is 0 Å². The topological polar surface area (TPSA) is 64.7 Å². The first kappa shape index (κ1) is 24.1. The summed E-state index contributed by atoms with van der Waals surface area (Å²) >= 11 is 0. The number of hydrogen-bond acceptors (Lipinski definition) is 4. The highest BCUT2D eigenvalue weighted by Crippen LogP contribution is 2.37. The molecule has 0 aliphatic carbocycles. The summed E-state index contributed by atoms with van der Waals surface area (Å²) in [6.07, 6.45) is 6.64. The lowest BCUT2D eigenvalue weighted by molar-refractivity contribution is -0.384. The summed E-state index contributed by atoms with van der Waals surface area (Å²) < 4.78 is 6.98. The number of rotatable bonds is 8. The molecule has 0 atom stereocenters. The lowest BCUT2D eigenvalue weighted by Gasteiger charge is -2.43. The monoisotopic (exact) mass is 456 g/mol. The van der Waals surface area contributed by atoms with E-state index in [4.69, 9.17) is 10.8 Å². The number of nitrogens with zero attached hydrogens (tertiary/aromatic N) is 2. The van der Waals surface area contributed by atoms with Crippen LogP contribution < -0.4 is 10.4 Å². The Morgan fingerprint density at radius 3 is 2.06 bits per heavy atom. The number of hydrogen-bond donors (Lipinski definition) is 0. The van der Waals surface area contributed by atoms with Crippen LogP contribution in [0, 0.1) is 22.5 Å². The molecule has 3 aromatic carbocycles. The van der Waals surface area contributed by atoms with E-state index in [9.17, 15) is 10.1 Å². The molecule has 0 aliphatic heterocycles. The van der Waals surface area contributed by atoms with Gasteiger partial charge in [-0.15, -0.1) is 6.42 Å². The third kappa shape index (κ3) is 5.28. The zero-order valence-corrected chi connectivity index (χ0v) is 20.2. The van der Waals surface area contributed by atoms with Gasteiger partial charge in [0, 0.05) is 12.1 Å². The van der Waals surface area contributed by atoms with Gasteiger partial charge in [0.1, 0.15) is 0 Å². The van der Waals surface area contributed by atoms with Gasteiger partial charge in [0.15, 0.2) is 0 Å². The Balaban J connectivity index is 2.10. The van der Waals surface area contributed by atoms with E-state index in [1.807, 2.05) is 36.4 Å². The molecule has 0 saturated carbocycles. The predicted molar refractivity (Wildman–Crippen MR) is 137 cm³/mol. The molecule has 6 heteroatoms. The first-order valence-corrected chi connectivity index (χ1v) is 12.7. The third-order valence-electron chi connectivity index (χ3n) is 5.69. The maximum absolute atomic E-state index is 11.3. The van der Waals surface area contributed by atoms with Gasteiger partial charge in [-0.05, 0) is 32.6 Å². The molecular formula is C27H28N2O3Si. The minimum absolute atomic E-state index is 0.0232. The quantitative estimate of drug-likeness (QED) is 0.160. The van der Waals surface area contributed by atoms with Crippen molar-refractivity contribution in [2.45, 2.75) is 39.0 Å². The highest BCUT2D eigenvalue weighted by Gasteiger charge is 2.50. The molecule has 0 N–H and O–H groups in total. The number of nitro groups is 1. The summed E-state index contributed by atoms with van der Waals surface area (Å²) in [6.45, 7) is 7.21. The molecule has 0 radical (unpaired) electrons. The summed E-state index contributed by atoms with van der Waals surface area (Å²) in [4.78, 5) is 15.1. The smallest absolute Gasteiger partial charge is 0.269 e. The second-order valence-corrected chi connectivity index (χ2v) is 13.1. The zero-order chi connectivity index (χ0) is 23.9. The summed E-state index contributed by atoms with van der Waals surface area (Å²) in [7, 11) is -2.73. The number of terminal acetylenes is 1. The first-order chi connectivity index (χ1) is 15.8. The molecule has 0 unspecified atom stereocenters. The van der Waals surface area contributed by atoms with Gasteiger partial charge in [-0.2, -0.15) is 0 Å². The minimum atomic E-state index is -2.73. The number of benzene rings is 3. The van der Waals surface area contributed by atoms with Crippen LogP contribution in [0.2, 0.25) is 5.04 Å². The normalized spacial score (nSPS) is 11.9. The van der Waals surface area contributed by atoms with Crippen molar-refractivity contribution in [3.8, 4) is 12.3 Å². The maximum atomic E-state index is 11.3. The van der Waals surface area contributed by atoms with Crippen molar-refractivity contribution < 1.29 is 9.35 Å². The van der Waals surface area contributed by atoms with Gasteiger partial charge in [0.05, 0.1) is 24.3 Å². The molecule has 0 aliphatic rings. The second-order valence-electron chi connectivity index (χ2n) is 8.80. The number of aliphatic imine (C=N–C) groups is 1. The SMILES string of the molecule is C#C/C=N/Cc1cc([N+](=O)[O-])ccc1CO[Si](c1ccccc1)(c1ccccc1)C(C)(C)C. The molecule has 5 nitrogen and oxygen atoms in total. The van der Waals surface area contributed by atoms with Crippen LogP contribution in [-0.2, 0) is 17.6 Å². The largest absolute Gasteiger partial charge is 0.403 e. The van der Waals surface area contributed by atoms with Gasteiger partial charge < -0.3 is 4.43 Å². The van der Waals surface area contributed by atoms with Crippen LogP contribution in [0.4, 0.5) is 5.69 Å². The molecule has 0 saturated heterocycles. The lowest BCUT2D eigenvalue weighted by atomic mass is 10.1. The van der Waals surface area contributed by atoms with Crippen LogP contribution in [0.1, 0.15) is 31.9 Å². The molecule has 0 heterocycles. The molecule has 0 aromatic heterocycles. The van der Waals surface area contributed by atoms with Crippen LogP contribution in [0.5, 0.6) is 0 Å². The van der Waals surface area contributed by atoms with E-state index in [-0.39, 0.29) is 17.3 Å². The third-order valence-corrected chi connectivity index (χ3v) is 10.7. The van der Waals surface area contributed by atoms with Crippen LogP contribution in [-0.4, -0.2) is 19.5 Å². The van der Waals surface area contributed by atoms with E-state index < -0.39 is 13.2 Å². The maximum Gasteiger partial charge on any atom is 0.269 e. The van der Waals surface area contributed by atoms with E-state index in [0.717, 1.165) is 11.1 Å². The van der Waals surface area contributed by atoms with Crippen molar-refractivity contribution in [2.24, 2.45) is 4.99 Å². The van der Waals surface area contributed by atoms with Gasteiger partial charge in [0.2, 0.25) is 0 Å². The van der Waals surface area contributed by atoms with E-state index in [1.165, 1.54) is 22.7 Å². The molecule has 0 amide bonds. The zero-order valence-electron chi connectivity index (χ0n) is 19.2. The van der Waals surface area contributed by atoms with Crippen molar-refractivity contribution in [2.75, 3.05) is 0 Å². The Morgan fingerprint density at radius 2 is 1.58 bits per heavy atom. The van der Waals surface area contributed by atoms with Crippen molar-refractivity contribution in [1.82, 2.24) is 0 Å². The molecule has 0 bridgehead atoms. The van der Waals surface area contributed by atoms with Crippen LogP contribution in [0.15, 0.2) is 83.9 Å². The van der Waals surface area contributed by atoms with Gasteiger partial charge in [0.25, 0.3) is 14.0 Å². The van der Waals surface area contributed by atoms with Crippen molar-refractivity contribution in [3.63, 3.8) is 0 Å². The number of non-ortho nitro benzene ring substituents is 1. The van der Waals surface area contributed by atoms with Gasteiger partial charge in [-0.25, -0.2) is 0 Å². The standard InChI is InChI=1S/C27H28N2O3Si/c1-5-18-28-20-23-19-24(29(30)31)17-16-22(23)21-32-33(27(2,3)4,25-12-8-6-9-13-25)26-14-10-7-11-15-26/h1,6-19H,20-21H2,2-4H3/b28-18+. The Morgan fingerprint density at radius 1 is 1.00 bits per heavy atom. The Bertz CT molecular complexity index is 1120. The average molecular weight is 457 g/mol. The van der Waals surface area contributed by atoms with Crippen molar-refractivity contribution in [3.05, 3.63) is 100 Å². The fourth-order valence-electron chi connectivity index (χ4n) is 4.16. The second kappa shape index (κ2) is 10.4. The molecule has 3 aromatic rings. The predicted octanol–water partition coefficient (Wildman–Crippen LogP) is 4.88. The molecule has 3 rings (SSSR count). The number of nitro benzene ring substituents is 1. The molecule has 33 heavy (non-hydrogen) atoms.